The molecule has 1 saturated heterocycles. The van der Waals surface area contributed by atoms with Crippen LogP contribution in [0.1, 0.15) is 12.8 Å². The Morgan fingerprint density at radius 3 is 2.25 bits per heavy atom. The number of rotatable bonds is 4. The molecule has 1 aliphatic heterocycles. The highest BCUT2D eigenvalue weighted by Gasteiger charge is 2.43. The molecule has 0 spiro atoms. The lowest BCUT2D eigenvalue weighted by molar-refractivity contribution is -0.155. The van der Waals surface area contributed by atoms with Gasteiger partial charge in [-0.1, -0.05) is 0 Å². The monoisotopic (exact) mass is 251 g/mol. The maximum Gasteiger partial charge on any atom is 0.312 e. The van der Waals surface area contributed by atoms with Gasteiger partial charge in [-0.3, -0.25) is 4.79 Å². The first-order valence-corrected chi connectivity index (χ1v) is 6.84. The molecule has 0 radical (unpaired) electrons. The second-order valence-electron chi connectivity index (χ2n) is 4.18. The first kappa shape index (κ1) is 13.4. The van der Waals surface area contributed by atoms with E-state index in [4.69, 9.17) is 9.84 Å². The largest absolute Gasteiger partial charge is 0.481 e. The van der Waals surface area contributed by atoms with E-state index in [-0.39, 0.29) is 19.7 Å². The molecule has 94 valence electrons. The van der Waals surface area contributed by atoms with Gasteiger partial charge in [0.05, 0.1) is 18.3 Å². The molecule has 0 aliphatic carbocycles. The Labute approximate surface area is 95.2 Å². The van der Waals surface area contributed by atoms with E-state index in [1.807, 2.05) is 0 Å². The van der Waals surface area contributed by atoms with E-state index < -0.39 is 21.4 Å². The van der Waals surface area contributed by atoms with E-state index in [1.165, 1.54) is 11.4 Å². The summed E-state index contributed by atoms with van der Waals surface area (Å²) in [4.78, 5) is 11.2. The van der Waals surface area contributed by atoms with Gasteiger partial charge in [-0.05, 0) is 12.8 Å². The summed E-state index contributed by atoms with van der Waals surface area (Å²) in [6.07, 6.45) is 1.73. The maximum absolute atomic E-state index is 11.3. The molecule has 0 amide bonds. The molecule has 0 unspecified atom stereocenters. The lowest BCUT2D eigenvalue weighted by atomic mass is 9.80. The average molecular weight is 251 g/mol. The van der Waals surface area contributed by atoms with Crippen molar-refractivity contribution in [3.63, 3.8) is 0 Å². The lowest BCUT2D eigenvalue weighted by Gasteiger charge is -2.37. The first-order valence-electron chi connectivity index (χ1n) is 4.99. The van der Waals surface area contributed by atoms with Crippen molar-refractivity contribution in [1.29, 1.82) is 0 Å². The normalized spacial score (nSPS) is 21.9. The van der Waals surface area contributed by atoms with E-state index in [0.29, 0.717) is 12.8 Å². The summed E-state index contributed by atoms with van der Waals surface area (Å²) in [5.74, 6) is -0.914. The van der Waals surface area contributed by atoms with Crippen LogP contribution in [0.5, 0.6) is 0 Å². The highest BCUT2D eigenvalue weighted by Crippen LogP contribution is 2.32. The minimum atomic E-state index is -3.22. The van der Waals surface area contributed by atoms with Crippen molar-refractivity contribution in [3.05, 3.63) is 0 Å². The molecule has 0 saturated carbocycles. The molecule has 0 atom stereocenters. The predicted octanol–water partition coefficient (Wildman–Crippen LogP) is -0.241. The minimum absolute atomic E-state index is 0.125. The fourth-order valence-electron chi connectivity index (χ4n) is 1.94. The topological polar surface area (TPSA) is 83.9 Å². The fraction of sp³-hybridized carbons (Fsp3) is 0.889. The molecule has 1 heterocycles. The minimum Gasteiger partial charge on any atom is -0.481 e. The van der Waals surface area contributed by atoms with Crippen LogP contribution in [0.4, 0.5) is 0 Å². The molecule has 1 fully saturated rings. The SMILES string of the molecule is COCC1(C(=O)O)CCN(S(C)(=O)=O)CC1. The summed E-state index contributed by atoms with van der Waals surface area (Å²) in [6.45, 7) is 0.614. The van der Waals surface area contributed by atoms with Crippen molar-refractivity contribution < 1.29 is 23.1 Å². The molecule has 0 aromatic heterocycles. The average Bonchev–Trinajstić information content (AvgIpc) is 2.17. The van der Waals surface area contributed by atoms with E-state index in [9.17, 15) is 13.2 Å². The van der Waals surface area contributed by atoms with Crippen molar-refractivity contribution in [2.24, 2.45) is 5.41 Å². The molecule has 1 rings (SSSR count). The third-order valence-electron chi connectivity index (χ3n) is 3.02. The van der Waals surface area contributed by atoms with Crippen LogP contribution >= 0.6 is 0 Å². The summed E-state index contributed by atoms with van der Waals surface area (Å²) in [7, 11) is -1.77. The van der Waals surface area contributed by atoms with Crippen LogP contribution in [0.25, 0.3) is 0 Å². The van der Waals surface area contributed by atoms with Crippen molar-refractivity contribution >= 4 is 16.0 Å². The maximum atomic E-state index is 11.3. The van der Waals surface area contributed by atoms with Gasteiger partial charge in [-0.2, -0.15) is 0 Å². The molecule has 6 nitrogen and oxygen atoms in total. The molecule has 0 aromatic carbocycles. The van der Waals surface area contributed by atoms with Crippen LogP contribution in [0.2, 0.25) is 0 Å². The number of ether oxygens (including phenoxy) is 1. The molecule has 1 aliphatic rings. The van der Waals surface area contributed by atoms with E-state index in [2.05, 4.69) is 0 Å². The number of hydrogen-bond donors (Lipinski definition) is 1. The van der Waals surface area contributed by atoms with Gasteiger partial charge in [0, 0.05) is 20.2 Å². The zero-order chi connectivity index (χ0) is 12.4. The smallest absolute Gasteiger partial charge is 0.312 e. The van der Waals surface area contributed by atoms with Gasteiger partial charge in [0.25, 0.3) is 0 Å². The van der Waals surface area contributed by atoms with Crippen molar-refractivity contribution in [1.82, 2.24) is 4.31 Å². The van der Waals surface area contributed by atoms with Gasteiger partial charge in [-0.25, -0.2) is 12.7 Å². The number of aliphatic carboxylic acids is 1. The highest BCUT2D eigenvalue weighted by molar-refractivity contribution is 7.88. The Morgan fingerprint density at radius 2 is 1.94 bits per heavy atom. The first-order chi connectivity index (χ1) is 7.32. The van der Waals surface area contributed by atoms with E-state index in [1.54, 1.807) is 0 Å². The zero-order valence-corrected chi connectivity index (χ0v) is 10.3. The summed E-state index contributed by atoms with van der Waals surface area (Å²) in [6, 6.07) is 0. The predicted molar refractivity (Wildman–Crippen MR) is 57.6 cm³/mol. The van der Waals surface area contributed by atoms with E-state index in [0.717, 1.165) is 6.26 Å². The number of nitrogens with zero attached hydrogens (tertiary/aromatic N) is 1. The number of carbonyl (C=O) groups is 1. The molecule has 0 bridgehead atoms. The van der Waals surface area contributed by atoms with Crippen LogP contribution in [0, 0.1) is 5.41 Å². The quantitative estimate of drug-likeness (QED) is 0.745. The Morgan fingerprint density at radius 1 is 1.44 bits per heavy atom. The Kier molecular flexibility index (Phi) is 3.92. The van der Waals surface area contributed by atoms with Gasteiger partial charge in [0.1, 0.15) is 0 Å². The van der Waals surface area contributed by atoms with Gasteiger partial charge < -0.3 is 9.84 Å². The number of hydrogen-bond acceptors (Lipinski definition) is 4. The third-order valence-corrected chi connectivity index (χ3v) is 4.33. The highest BCUT2D eigenvalue weighted by atomic mass is 32.2. The van der Waals surface area contributed by atoms with Gasteiger partial charge in [0.15, 0.2) is 0 Å². The van der Waals surface area contributed by atoms with Crippen LogP contribution in [0.15, 0.2) is 0 Å². The van der Waals surface area contributed by atoms with E-state index >= 15 is 0 Å². The van der Waals surface area contributed by atoms with Crippen LogP contribution < -0.4 is 0 Å². The lowest BCUT2D eigenvalue weighted by Crippen LogP contribution is -2.48. The molecule has 0 aromatic rings. The summed E-state index contributed by atoms with van der Waals surface area (Å²) < 4.78 is 28.8. The summed E-state index contributed by atoms with van der Waals surface area (Å²) >= 11 is 0. The van der Waals surface area contributed by atoms with Crippen molar-refractivity contribution in [3.8, 4) is 0 Å². The Bertz CT molecular complexity index is 356. The van der Waals surface area contributed by atoms with Gasteiger partial charge in [-0.15, -0.1) is 0 Å². The summed E-state index contributed by atoms with van der Waals surface area (Å²) in [5.41, 5.74) is -0.935. The number of sulfonamides is 1. The van der Waals surface area contributed by atoms with Crippen molar-refractivity contribution in [2.45, 2.75) is 12.8 Å². The van der Waals surface area contributed by atoms with Crippen LogP contribution in [0.3, 0.4) is 0 Å². The third kappa shape index (κ3) is 2.72. The second-order valence-corrected chi connectivity index (χ2v) is 6.16. The van der Waals surface area contributed by atoms with Crippen molar-refractivity contribution in [2.75, 3.05) is 33.1 Å². The standard InChI is InChI=1S/C9H17NO5S/c1-15-7-9(8(11)12)3-5-10(6-4-9)16(2,13)14/h3-7H2,1-2H3,(H,11,12). The molecule has 7 heteroatoms. The van der Waals surface area contributed by atoms with Crippen LogP contribution in [-0.4, -0.2) is 56.9 Å². The van der Waals surface area contributed by atoms with Gasteiger partial charge in [0.2, 0.25) is 10.0 Å². The second kappa shape index (κ2) is 4.68. The van der Waals surface area contributed by atoms with Gasteiger partial charge >= 0.3 is 5.97 Å². The summed E-state index contributed by atoms with van der Waals surface area (Å²) in [5, 5.41) is 9.16. The molecule has 1 N–H and O–H groups in total. The molecule has 16 heavy (non-hydrogen) atoms. The van der Waals surface area contributed by atoms with Crippen LogP contribution in [-0.2, 0) is 19.6 Å². The number of carboxylic acid groups (broad SMARTS) is 1. The fourth-order valence-corrected chi connectivity index (χ4v) is 2.79. The number of piperidine rings is 1. The number of methoxy groups -OCH3 is 1. The number of carboxylic acids is 1. The Balaban J connectivity index is 2.74. The molecular weight excluding hydrogens is 234 g/mol. The molecular formula is C9H17NO5S. The zero-order valence-electron chi connectivity index (χ0n) is 9.47. The Hall–Kier alpha value is -0.660.